The highest BCUT2D eigenvalue weighted by Crippen LogP contribution is 2.26. The quantitative estimate of drug-likeness (QED) is 0.841. The second-order valence-electron chi connectivity index (χ2n) is 3.79. The van der Waals surface area contributed by atoms with Crippen LogP contribution in [0.5, 0.6) is 0 Å². The lowest BCUT2D eigenvalue weighted by atomic mass is 10.2. The van der Waals surface area contributed by atoms with Gasteiger partial charge < -0.3 is 11.1 Å². The minimum atomic E-state index is -0.637. The van der Waals surface area contributed by atoms with E-state index in [0.717, 1.165) is 0 Å². The van der Waals surface area contributed by atoms with Crippen molar-refractivity contribution in [2.75, 3.05) is 5.32 Å². The summed E-state index contributed by atoms with van der Waals surface area (Å²) in [5.74, 6) is -1.22. The lowest BCUT2D eigenvalue weighted by Gasteiger charge is -2.10. The Morgan fingerprint density at radius 1 is 1.16 bits per heavy atom. The van der Waals surface area contributed by atoms with Gasteiger partial charge in [-0.05, 0) is 30.3 Å². The largest absolute Gasteiger partial charge is 0.389 e. The maximum atomic E-state index is 13.8. The fourth-order valence-corrected chi connectivity index (χ4v) is 1.82. The maximum Gasteiger partial charge on any atom is 0.165 e. The number of halogens is 3. The standard InChI is InChI=1S/C13H9ClF2N2S/c14-8-2-1-3-11(12(8)16)18-10-5-4-7(13(17)19)6-9(10)15/h1-6,18H,(H2,17,19). The molecule has 19 heavy (non-hydrogen) atoms. The highest BCUT2D eigenvalue weighted by atomic mass is 35.5. The van der Waals surface area contributed by atoms with E-state index in [9.17, 15) is 8.78 Å². The van der Waals surface area contributed by atoms with E-state index in [1.165, 1.54) is 24.3 Å². The summed E-state index contributed by atoms with van der Waals surface area (Å²) in [6.07, 6.45) is 0. The lowest BCUT2D eigenvalue weighted by Crippen LogP contribution is -2.10. The molecule has 2 aromatic carbocycles. The number of hydrogen-bond donors (Lipinski definition) is 2. The van der Waals surface area contributed by atoms with Gasteiger partial charge in [0.05, 0.1) is 16.4 Å². The molecule has 0 aliphatic carbocycles. The van der Waals surface area contributed by atoms with Crippen molar-refractivity contribution in [3.05, 3.63) is 58.6 Å². The molecule has 0 saturated carbocycles. The number of hydrogen-bond acceptors (Lipinski definition) is 2. The molecule has 0 saturated heterocycles. The van der Waals surface area contributed by atoms with Crippen LogP contribution in [-0.4, -0.2) is 4.99 Å². The van der Waals surface area contributed by atoms with Crippen molar-refractivity contribution in [3.63, 3.8) is 0 Å². The van der Waals surface area contributed by atoms with Crippen LogP contribution in [0, 0.1) is 11.6 Å². The Bertz CT molecular complexity index is 647. The molecule has 3 N–H and O–H groups in total. The first-order chi connectivity index (χ1) is 8.99. The van der Waals surface area contributed by atoms with Crippen LogP contribution in [-0.2, 0) is 0 Å². The molecule has 0 aromatic heterocycles. The molecule has 0 unspecified atom stereocenters. The normalized spacial score (nSPS) is 10.3. The van der Waals surface area contributed by atoms with Crippen LogP contribution in [0.4, 0.5) is 20.2 Å². The second-order valence-corrected chi connectivity index (χ2v) is 4.63. The molecular weight excluding hydrogens is 290 g/mol. The van der Waals surface area contributed by atoms with Gasteiger partial charge in [0.15, 0.2) is 5.82 Å². The van der Waals surface area contributed by atoms with E-state index in [1.807, 2.05) is 0 Å². The third-order valence-electron chi connectivity index (χ3n) is 2.47. The summed E-state index contributed by atoms with van der Waals surface area (Å²) in [6, 6.07) is 8.61. The van der Waals surface area contributed by atoms with Gasteiger partial charge in [0.25, 0.3) is 0 Å². The molecule has 98 valence electrons. The fourth-order valence-electron chi connectivity index (χ4n) is 1.52. The minimum Gasteiger partial charge on any atom is -0.389 e. The Kier molecular flexibility index (Phi) is 3.97. The van der Waals surface area contributed by atoms with Gasteiger partial charge in [-0.1, -0.05) is 29.9 Å². The van der Waals surface area contributed by atoms with Gasteiger partial charge in [-0.25, -0.2) is 8.78 Å². The van der Waals surface area contributed by atoms with Crippen molar-refractivity contribution < 1.29 is 8.78 Å². The van der Waals surface area contributed by atoms with Crippen molar-refractivity contribution in [2.24, 2.45) is 5.73 Å². The zero-order valence-electron chi connectivity index (χ0n) is 9.58. The number of thiocarbonyl (C=S) groups is 1. The highest BCUT2D eigenvalue weighted by molar-refractivity contribution is 7.80. The summed E-state index contributed by atoms with van der Waals surface area (Å²) in [7, 11) is 0. The maximum absolute atomic E-state index is 13.8. The van der Waals surface area contributed by atoms with Crippen molar-refractivity contribution in [2.45, 2.75) is 0 Å². The Morgan fingerprint density at radius 3 is 2.53 bits per heavy atom. The van der Waals surface area contributed by atoms with Gasteiger partial charge >= 0.3 is 0 Å². The second kappa shape index (κ2) is 5.50. The molecular formula is C13H9ClF2N2S. The summed E-state index contributed by atoms with van der Waals surface area (Å²) < 4.78 is 27.5. The van der Waals surface area contributed by atoms with E-state index in [0.29, 0.717) is 5.56 Å². The van der Waals surface area contributed by atoms with E-state index >= 15 is 0 Å². The molecule has 6 heteroatoms. The minimum absolute atomic E-state index is 0.0369. The Labute approximate surface area is 119 Å². The molecule has 0 radical (unpaired) electrons. The summed E-state index contributed by atoms with van der Waals surface area (Å²) in [6.45, 7) is 0. The molecule has 0 amide bonds. The molecule has 0 spiro atoms. The van der Waals surface area contributed by atoms with E-state index in [4.69, 9.17) is 29.6 Å². The highest BCUT2D eigenvalue weighted by Gasteiger charge is 2.10. The fraction of sp³-hybridized carbons (Fsp3) is 0. The number of anilines is 2. The van der Waals surface area contributed by atoms with E-state index in [1.54, 1.807) is 12.1 Å². The number of rotatable bonds is 3. The van der Waals surface area contributed by atoms with Gasteiger partial charge in [-0.15, -0.1) is 0 Å². The predicted molar refractivity (Wildman–Crippen MR) is 77.0 cm³/mol. The average molecular weight is 299 g/mol. The third kappa shape index (κ3) is 3.00. The number of benzene rings is 2. The van der Waals surface area contributed by atoms with Crippen LogP contribution in [0.25, 0.3) is 0 Å². The zero-order chi connectivity index (χ0) is 14.0. The number of nitrogens with two attached hydrogens (primary N) is 1. The van der Waals surface area contributed by atoms with E-state index < -0.39 is 11.6 Å². The van der Waals surface area contributed by atoms with E-state index in [2.05, 4.69) is 5.32 Å². The third-order valence-corrected chi connectivity index (χ3v) is 3.00. The molecule has 0 bridgehead atoms. The summed E-state index contributed by atoms with van der Waals surface area (Å²) in [4.78, 5) is 0.0967. The van der Waals surface area contributed by atoms with Gasteiger partial charge in [0.2, 0.25) is 0 Å². The van der Waals surface area contributed by atoms with Crippen LogP contribution in [0.15, 0.2) is 36.4 Å². The van der Waals surface area contributed by atoms with E-state index in [-0.39, 0.29) is 21.4 Å². The van der Waals surface area contributed by atoms with Crippen LogP contribution >= 0.6 is 23.8 Å². The van der Waals surface area contributed by atoms with Gasteiger partial charge in [0, 0.05) is 5.56 Å². The van der Waals surface area contributed by atoms with Crippen molar-refractivity contribution in [3.8, 4) is 0 Å². The van der Waals surface area contributed by atoms with Crippen LogP contribution in [0.1, 0.15) is 5.56 Å². The Morgan fingerprint density at radius 2 is 1.89 bits per heavy atom. The smallest absolute Gasteiger partial charge is 0.165 e. The van der Waals surface area contributed by atoms with Gasteiger partial charge in [-0.3, -0.25) is 0 Å². The summed E-state index contributed by atoms with van der Waals surface area (Å²) >= 11 is 10.4. The van der Waals surface area contributed by atoms with Gasteiger partial charge in [0.1, 0.15) is 10.8 Å². The predicted octanol–water partition coefficient (Wildman–Crippen LogP) is 4.00. The topological polar surface area (TPSA) is 38.0 Å². The monoisotopic (exact) mass is 298 g/mol. The molecule has 2 nitrogen and oxygen atoms in total. The first-order valence-electron chi connectivity index (χ1n) is 5.29. The molecule has 0 atom stereocenters. The van der Waals surface area contributed by atoms with Crippen molar-refractivity contribution in [1.82, 2.24) is 0 Å². The first kappa shape index (κ1) is 13.7. The first-order valence-corrected chi connectivity index (χ1v) is 6.08. The van der Waals surface area contributed by atoms with Crippen LogP contribution < -0.4 is 11.1 Å². The summed E-state index contributed by atoms with van der Waals surface area (Å²) in [5.41, 5.74) is 6.01. The molecule has 0 fully saturated rings. The van der Waals surface area contributed by atoms with Crippen LogP contribution in [0.2, 0.25) is 5.02 Å². The Hall–Kier alpha value is -1.72. The summed E-state index contributed by atoms with van der Waals surface area (Å²) in [5, 5.41) is 2.59. The number of nitrogens with one attached hydrogen (secondary N) is 1. The lowest BCUT2D eigenvalue weighted by molar-refractivity contribution is 0.625. The van der Waals surface area contributed by atoms with Crippen molar-refractivity contribution >= 4 is 40.2 Å². The Balaban J connectivity index is 2.34. The average Bonchev–Trinajstić information content (AvgIpc) is 2.37. The SMILES string of the molecule is NC(=S)c1ccc(Nc2cccc(Cl)c2F)c(F)c1. The van der Waals surface area contributed by atoms with Crippen molar-refractivity contribution in [1.29, 1.82) is 0 Å². The zero-order valence-corrected chi connectivity index (χ0v) is 11.2. The molecule has 2 aromatic rings. The van der Waals surface area contributed by atoms with Crippen LogP contribution in [0.3, 0.4) is 0 Å². The molecule has 0 aliphatic heterocycles. The molecule has 2 rings (SSSR count). The van der Waals surface area contributed by atoms with Gasteiger partial charge in [-0.2, -0.15) is 0 Å². The molecule has 0 heterocycles. The molecule has 0 aliphatic rings.